The summed E-state index contributed by atoms with van der Waals surface area (Å²) in [6.45, 7) is 2.45. The summed E-state index contributed by atoms with van der Waals surface area (Å²) in [4.78, 5) is 18.9. The molecule has 1 N–H and O–H groups in total. The van der Waals surface area contributed by atoms with Gasteiger partial charge in [-0.25, -0.2) is 0 Å². The first kappa shape index (κ1) is 15.5. The third kappa shape index (κ3) is 3.52. The van der Waals surface area contributed by atoms with E-state index in [0.29, 0.717) is 24.4 Å². The molecule has 0 saturated heterocycles. The number of carbonyl (C=O) groups is 1. The van der Waals surface area contributed by atoms with E-state index >= 15 is 0 Å². The maximum Gasteiger partial charge on any atom is 0.255 e. The largest absolute Gasteiger partial charge is 0.508 e. The number of likely N-dealkylation sites (N-methyl/N-ethyl adjacent to an activating group) is 1. The number of benzene rings is 1. The van der Waals surface area contributed by atoms with Gasteiger partial charge in [0.25, 0.3) is 5.91 Å². The molecule has 1 amide bonds. The maximum absolute atomic E-state index is 12.6. The van der Waals surface area contributed by atoms with E-state index in [0.717, 1.165) is 17.0 Å². The van der Waals surface area contributed by atoms with Crippen LogP contribution in [0.5, 0.6) is 5.75 Å². The lowest BCUT2D eigenvalue weighted by atomic mass is 10.1. The monoisotopic (exact) mass is 310 g/mol. The molecule has 120 valence electrons. The van der Waals surface area contributed by atoms with Gasteiger partial charge in [-0.3, -0.25) is 9.78 Å². The van der Waals surface area contributed by atoms with Crippen molar-refractivity contribution in [2.24, 2.45) is 0 Å². The molecule has 1 saturated carbocycles. The van der Waals surface area contributed by atoms with Gasteiger partial charge in [0.05, 0.1) is 11.3 Å². The number of carbonyl (C=O) groups excluding carboxylic acids is 1. The minimum atomic E-state index is -0.0206. The predicted octanol–water partition coefficient (Wildman–Crippen LogP) is 3.29. The van der Waals surface area contributed by atoms with Crippen molar-refractivity contribution >= 4 is 5.91 Å². The van der Waals surface area contributed by atoms with Crippen molar-refractivity contribution in [2.45, 2.75) is 32.1 Å². The Labute approximate surface area is 136 Å². The Morgan fingerprint density at radius 1 is 1.26 bits per heavy atom. The second kappa shape index (κ2) is 6.41. The van der Waals surface area contributed by atoms with E-state index in [-0.39, 0.29) is 11.7 Å². The van der Waals surface area contributed by atoms with Crippen LogP contribution in [-0.2, 0) is 6.42 Å². The topological polar surface area (TPSA) is 53.4 Å². The molecule has 0 unspecified atom stereocenters. The minimum absolute atomic E-state index is 0.0206. The van der Waals surface area contributed by atoms with Gasteiger partial charge < -0.3 is 10.0 Å². The summed E-state index contributed by atoms with van der Waals surface area (Å²) in [7, 11) is 1.79. The molecule has 0 bridgehead atoms. The molecule has 1 fully saturated rings. The van der Waals surface area contributed by atoms with Crippen LogP contribution in [0.25, 0.3) is 0 Å². The Balaban J connectivity index is 1.66. The number of aromatic nitrogens is 1. The number of para-hydroxylation sites is 1. The van der Waals surface area contributed by atoms with Crippen LogP contribution in [0.3, 0.4) is 0 Å². The molecule has 23 heavy (non-hydrogen) atoms. The number of phenolic OH excluding ortho intramolecular Hbond substituents is 1. The zero-order valence-corrected chi connectivity index (χ0v) is 13.6. The van der Waals surface area contributed by atoms with Gasteiger partial charge in [0.2, 0.25) is 0 Å². The molecule has 2 aromatic rings. The van der Waals surface area contributed by atoms with Gasteiger partial charge in [0.15, 0.2) is 0 Å². The Bertz CT molecular complexity index is 723. The van der Waals surface area contributed by atoms with Gasteiger partial charge in [-0.1, -0.05) is 18.2 Å². The first-order valence-electron chi connectivity index (χ1n) is 8.06. The molecule has 0 atom stereocenters. The quantitative estimate of drug-likeness (QED) is 0.922. The number of rotatable bonds is 5. The van der Waals surface area contributed by atoms with Crippen LogP contribution in [0, 0.1) is 6.92 Å². The van der Waals surface area contributed by atoms with Crippen molar-refractivity contribution < 1.29 is 9.90 Å². The van der Waals surface area contributed by atoms with Crippen molar-refractivity contribution in [3.05, 3.63) is 58.9 Å². The fraction of sp³-hybridized carbons (Fsp3) is 0.368. The number of phenols is 1. The molecule has 1 aromatic carbocycles. The molecule has 3 rings (SSSR count). The molecule has 1 aliphatic carbocycles. The van der Waals surface area contributed by atoms with Gasteiger partial charge >= 0.3 is 0 Å². The Morgan fingerprint density at radius 2 is 2.00 bits per heavy atom. The number of nitrogens with zero attached hydrogens (tertiary/aromatic N) is 2. The predicted molar refractivity (Wildman–Crippen MR) is 89.7 cm³/mol. The Kier molecular flexibility index (Phi) is 4.33. The van der Waals surface area contributed by atoms with Gasteiger partial charge in [-0.2, -0.15) is 0 Å². The lowest BCUT2D eigenvalue weighted by Gasteiger charge is -2.18. The standard InChI is InChI=1S/C19H22N2O2/c1-13-16(9-10-17(20-13)14-7-8-14)19(23)21(2)12-11-15-5-3-4-6-18(15)22/h3-6,9-10,14,22H,7-8,11-12H2,1-2H3. The van der Waals surface area contributed by atoms with E-state index in [1.165, 1.54) is 12.8 Å². The fourth-order valence-corrected chi connectivity index (χ4v) is 2.73. The second-order valence-corrected chi connectivity index (χ2v) is 6.25. The molecule has 1 heterocycles. The van der Waals surface area contributed by atoms with E-state index in [2.05, 4.69) is 4.98 Å². The summed E-state index contributed by atoms with van der Waals surface area (Å²) in [6, 6.07) is 11.1. The molecule has 0 radical (unpaired) electrons. The molecular weight excluding hydrogens is 288 g/mol. The average Bonchev–Trinajstić information content (AvgIpc) is 3.38. The van der Waals surface area contributed by atoms with Crippen LogP contribution < -0.4 is 0 Å². The van der Waals surface area contributed by atoms with Crippen LogP contribution >= 0.6 is 0 Å². The normalized spacial score (nSPS) is 13.8. The molecular formula is C19H22N2O2. The lowest BCUT2D eigenvalue weighted by Crippen LogP contribution is -2.29. The van der Waals surface area contributed by atoms with E-state index in [9.17, 15) is 9.90 Å². The van der Waals surface area contributed by atoms with Crippen molar-refractivity contribution in [1.82, 2.24) is 9.88 Å². The molecule has 4 heteroatoms. The number of pyridine rings is 1. The summed E-state index contributed by atoms with van der Waals surface area (Å²) in [6.07, 6.45) is 3.04. The molecule has 1 aliphatic rings. The third-order valence-corrected chi connectivity index (χ3v) is 4.39. The zero-order valence-electron chi connectivity index (χ0n) is 13.6. The van der Waals surface area contributed by atoms with Crippen molar-refractivity contribution in [1.29, 1.82) is 0 Å². The summed E-state index contributed by atoms with van der Waals surface area (Å²) in [5.41, 5.74) is 3.42. The van der Waals surface area contributed by atoms with Crippen LogP contribution in [0.4, 0.5) is 0 Å². The highest BCUT2D eigenvalue weighted by Crippen LogP contribution is 2.39. The van der Waals surface area contributed by atoms with E-state index in [4.69, 9.17) is 0 Å². The highest BCUT2D eigenvalue weighted by Gasteiger charge is 2.26. The fourth-order valence-electron chi connectivity index (χ4n) is 2.73. The number of amides is 1. The van der Waals surface area contributed by atoms with Gasteiger partial charge in [0, 0.05) is 25.2 Å². The molecule has 0 aliphatic heterocycles. The second-order valence-electron chi connectivity index (χ2n) is 6.25. The van der Waals surface area contributed by atoms with E-state index < -0.39 is 0 Å². The Morgan fingerprint density at radius 3 is 2.65 bits per heavy atom. The first-order chi connectivity index (χ1) is 11.1. The highest BCUT2D eigenvalue weighted by molar-refractivity contribution is 5.95. The maximum atomic E-state index is 12.6. The zero-order chi connectivity index (χ0) is 16.4. The number of hydrogen-bond donors (Lipinski definition) is 1. The van der Waals surface area contributed by atoms with Gasteiger partial charge in [-0.15, -0.1) is 0 Å². The summed E-state index contributed by atoms with van der Waals surface area (Å²) < 4.78 is 0. The van der Waals surface area contributed by atoms with Crippen LogP contribution in [0.2, 0.25) is 0 Å². The van der Waals surface area contributed by atoms with Gasteiger partial charge in [0.1, 0.15) is 5.75 Å². The van der Waals surface area contributed by atoms with E-state index in [1.54, 1.807) is 24.1 Å². The Hall–Kier alpha value is -2.36. The lowest BCUT2D eigenvalue weighted by molar-refractivity contribution is 0.0795. The van der Waals surface area contributed by atoms with Crippen LogP contribution in [0.15, 0.2) is 36.4 Å². The summed E-state index contributed by atoms with van der Waals surface area (Å²) >= 11 is 0. The van der Waals surface area contributed by atoms with Crippen molar-refractivity contribution in [3.8, 4) is 5.75 Å². The first-order valence-corrected chi connectivity index (χ1v) is 8.06. The molecule has 0 spiro atoms. The number of hydrogen-bond acceptors (Lipinski definition) is 3. The SMILES string of the molecule is Cc1nc(C2CC2)ccc1C(=O)N(C)CCc1ccccc1O. The van der Waals surface area contributed by atoms with Crippen LogP contribution in [0.1, 0.15) is 46.1 Å². The molecule has 1 aromatic heterocycles. The smallest absolute Gasteiger partial charge is 0.255 e. The number of aryl methyl sites for hydroxylation is 1. The average molecular weight is 310 g/mol. The van der Waals surface area contributed by atoms with E-state index in [1.807, 2.05) is 31.2 Å². The van der Waals surface area contributed by atoms with Crippen molar-refractivity contribution in [3.63, 3.8) is 0 Å². The molecule has 4 nitrogen and oxygen atoms in total. The third-order valence-electron chi connectivity index (χ3n) is 4.39. The van der Waals surface area contributed by atoms with Crippen molar-refractivity contribution in [2.75, 3.05) is 13.6 Å². The van der Waals surface area contributed by atoms with Crippen LogP contribution in [-0.4, -0.2) is 34.5 Å². The number of aromatic hydroxyl groups is 1. The minimum Gasteiger partial charge on any atom is -0.508 e. The van der Waals surface area contributed by atoms with Gasteiger partial charge in [-0.05, 0) is 49.9 Å². The highest BCUT2D eigenvalue weighted by atomic mass is 16.3. The summed E-state index contributed by atoms with van der Waals surface area (Å²) in [5.74, 6) is 0.851. The summed E-state index contributed by atoms with van der Waals surface area (Å²) in [5, 5.41) is 9.80.